The van der Waals surface area contributed by atoms with E-state index >= 15 is 0 Å². The third-order valence-electron chi connectivity index (χ3n) is 4.26. The fourth-order valence-corrected chi connectivity index (χ4v) is 2.93. The van der Waals surface area contributed by atoms with Crippen molar-refractivity contribution in [2.45, 2.75) is 26.2 Å². The first-order chi connectivity index (χ1) is 11.2. The van der Waals surface area contributed by atoms with Gasteiger partial charge >= 0.3 is 0 Å². The molecule has 0 saturated carbocycles. The third kappa shape index (κ3) is 3.26. The number of carbonyl (C=O) groups is 1. The van der Waals surface area contributed by atoms with Crippen molar-refractivity contribution < 1.29 is 9.53 Å². The lowest BCUT2D eigenvalue weighted by Crippen LogP contribution is -2.23. The Morgan fingerprint density at radius 3 is 2.65 bits per heavy atom. The average molecular weight is 308 g/mol. The first-order valence-corrected chi connectivity index (χ1v) is 7.75. The Balaban J connectivity index is 1.72. The van der Waals surface area contributed by atoms with E-state index in [1.807, 2.05) is 25.1 Å². The van der Waals surface area contributed by atoms with Gasteiger partial charge in [-0.1, -0.05) is 30.3 Å². The van der Waals surface area contributed by atoms with Crippen LogP contribution in [0.15, 0.2) is 47.6 Å². The number of nitrogens with zero attached hydrogens (tertiary/aromatic N) is 1. The van der Waals surface area contributed by atoms with Gasteiger partial charge in [0.1, 0.15) is 5.75 Å². The molecule has 0 spiro atoms. The van der Waals surface area contributed by atoms with Gasteiger partial charge in [0.15, 0.2) is 0 Å². The molecular weight excluding hydrogens is 288 g/mol. The Kier molecular flexibility index (Phi) is 4.42. The Morgan fingerprint density at radius 2 is 1.87 bits per heavy atom. The maximum absolute atomic E-state index is 12.3. The number of hydrazone groups is 1. The molecule has 0 saturated heterocycles. The lowest BCUT2D eigenvalue weighted by Gasteiger charge is -2.17. The van der Waals surface area contributed by atoms with Gasteiger partial charge in [0.05, 0.1) is 7.11 Å². The number of methoxy groups -OCH3 is 1. The summed E-state index contributed by atoms with van der Waals surface area (Å²) in [4.78, 5) is 12.3. The molecule has 1 aliphatic carbocycles. The maximum atomic E-state index is 12.3. The molecule has 1 aliphatic rings. The predicted molar refractivity (Wildman–Crippen MR) is 91.1 cm³/mol. The number of hydrogen-bond donors (Lipinski definition) is 1. The highest BCUT2D eigenvalue weighted by atomic mass is 16.5. The smallest absolute Gasteiger partial charge is 0.271 e. The standard InChI is InChI=1S/C19H20N2O2/c1-13-17(8-5-9-18(13)23-2)19(22)21-20-16-11-10-14-6-3-4-7-15(14)12-16/h3-9H,10-12H2,1-2H3,(H,21,22)/b20-16+. The van der Waals surface area contributed by atoms with Crippen LogP contribution in [0.4, 0.5) is 0 Å². The van der Waals surface area contributed by atoms with Crippen LogP contribution in [-0.2, 0) is 12.8 Å². The van der Waals surface area contributed by atoms with E-state index in [0.29, 0.717) is 11.3 Å². The molecule has 0 radical (unpaired) electrons. The second-order valence-corrected chi connectivity index (χ2v) is 5.70. The van der Waals surface area contributed by atoms with Gasteiger partial charge in [-0.25, -0.2) is 5.43 Å². The van der Waals surface area contributed by atoms with Crippen LogP contribution in [0.1, 0.15) is 33.5 Å². The first-order valence-electron chi connectivity index (χ1n) is 7.75. The molecule has 0 bridgehead atoms. The highest BCUT2D eigenvalue weighted by Gasteiger charge is 2.15. The van der Waals surface area contributed by atoms with Crippen molar-refractivity contribution >= 4 is 11.6 Å². The summed E-state index contributed by atoms with van der Waals surface area (Å²) in [6.45, 7) is 1.87. The van der Waals surface area contributed by atoms with Crippen molar-refractivity contribution in [3.63, 3.8) is 0 Å². The molecule has 0 atom stereocenters. The monoisotopic (exact) mass is 308 g/mol. The van der Waals surface area contributed by atoms with Gasteiger partial charge in [0.2, 0.25) is 0 Å². The van der Waals surface area contributed by atoms with Crippen LogP contribution >= 0.6 is 0 Å². The minimum atomic E-state index is -0.201. The molecule has 4 nitrogen and oxygen atoms in total. The topological polar surface area (TPSA) is 50.7 Å². The summed E-state index contributed by atoms with van der Waals surface area (Å²) in [5.74, 6) is 0.504. The molecule has 0 unspecified atom stereocenters. The largest absolute Gasteiger partial charge is 0.496 e. The van der Waals surface area contributed by atoms with Gasteiger partial charge in [-0.05, 0) is 43.0 Å². The lowest BCUT2D eigenvalue weighted by atomic mass is 9.90. The molecule has 0 fully saturated rings. The molecule has 3 rings (SSSR count). The number of fused-ring (bicyclic) bond motifs is 1. The summed E-state index contributed by atoms with van der Waals surface area (Å²) in [6.07, 6.45) is 2.66. The van der Waals surface area contributed by atoms with Crippen molar-refractivity contribution in [2.24, 2.45) is 5.10 Å². The zero-order valence-electron chi connectivity index (χ0n) is 13.4. The molecule has 0 aromatic heterocycles. The quantitative estimate of drug-likeness (QED) is 0.885. The molecule has 4 heteroatoms. The fourth-order valence-electron chi connectivity index (χ4n) is 2.93. The Labute approximate surface area is 136 Å². The van der Waals surface area contributed by atoms with E-state index in [2.05, 4.69) is 28.7 Å². The SMILES string of the molecule is COc1cccc(C(=O)N/N=C2\CCc3ccccc3C2)c1C. The van der Waals surface area contributed by atoms with Gasteiger partial charge in [0.25, 0.3) is 5.91 Å². The molecule has 118 valence electrons. The summed E-state index contributed by atoms with van der Waals surface area (Å²) in [5, 5.41) is 4.33. The summed E-state index contributed by atoms with van der Waals surface area (Å²) < 4.78 is 5.25. The third-order valence-corrected chi connectivity index (χ3v) is 4.26. The fraction of sp³-hybridized carbons (Fsp3) is 0.263. The van der Waals surface area contributed by atoms with Crippen LogP contribution in [0.2, 0.25) is 0 Å². The Hall–Kier alpha value is -2.62. The van der Waals surface area contributed by atoms with Crippen molar-refractivity contribution in [3.8, 4) is 5.75 Å². The maximum Gasteiger partial charge on any atom is 0.271 e. The number of benzene rings is 2. The van der Waals surface area contributed by atoms with Gasteiger partial charge in [-0.2, -0.15) is 5.10 Å². The summed E-state index contributed by atoms with van der Waals surface area (Å²) in [7, 11) is 1.60. The van der Waals surface area contributed by atoms with Crippen LogP contribution in [0, 0.1) is 6.92 Å². The number of carbonyl (C=O) groups excluding carboxylic acids is 1. The van der Waals surface area contributed by atoms with Gasteiger partial charge < -0.3 is 4.74 Å². The van der Waals surface area contributed by atoms with Crippen LogP contribution in [0.25, 0.3) is 0 Å². The van der Waals surface area contributed by atoms with Crippen LogP contribution < -0.4 is 10.2 Å². The van der Waals surface area contributed by atoms with E-state index < -0.39 is 0 Å². The minimum Gasteiger partial charge on any atom is -0.496 e. The van der Waals surface area contributed by atoms with E-state index in [1.54, 1.807) is 13.2 Å². The molecule has 1 amide bonds. The molecular formula is C19H20N2O2. The van der Waals surface area contributed by atoms with Crippen molar-refractivity contribution in [1.82, 2.24) is 5.43 Å². The van der Waals surface area contributed by atoms with Gasteiger partial charge in [-0.3, -0.25) is 4.79 Å². The van der Waals surface area contributed by atoms with E-state index in [1.165, 1.54) is 11.1 Å². The van der Waals surface area contributed by atoms with Gasteiger partial charge in [0, 0.05) is 23.3 Å². The van der Waals surface area contributed by atoms with E-state index in [4.69, 9.17) is 4.74 Å². The van der Waals surface area contributed by atoms with E-state index in [9.17, 15) is 4.79 Å². The van der Waals surface area contributed by atoms with Crippen LogP contribution in [0.5, 0.6) is 5.75 Å². The lowest BCUT2D eigenvalue weighted by molar-refractivity contribution is 0.0953. The Bertz CT molecular complexity index is 766. The molecule has 2 aromatic rings. The molecule has 1 N–H and O–H groups in total. The van der Waals surface area contributed by atoms with Crippen molar-refractivity contribution in [2.75, 3.05) is 7.11 Å². The van der Waals surface area contributed by atoms with E-state index in [-0.39, 0.29) is 5.91 Å². The predicted octanol–water partition coefficient (Wildman–Crippen LogP) is 3.28. The number of hydrogen-bond acceptors (Lipinski definition) is 3. The first kappa shape index (κ1) is 15.3. The summed E-state index contributed by atoms with van der Waals surface area (Å²) >= 11 is 0. The average Bonchev–Trinajstić information content (AvgIpc) is 2.59. The van der Waals surface area contributed by atoms with Crippen LogP contribution in [0.3, 0.4) is 0 Å². The number of aryl methyl sites for hydroxylation is 1. The van der Waals surface area contributed by atoms with Crippen molar-refractivity contribution in [1.29, 1.82) is 0 Å². The Morgan fingerprint density at radius 1 is 1.09 bits per heavy atom. The second kappa shape index (κ2) is 6.65. The highest BCUT2D eigenvalue weighted by Crippen LogP contribution is 2.21. The summed E-state index contributed by atoms with van der Waals surface area (Å²) in [6, 6.07) is 13.8. The number of amides is 1. The summed E-state index contributed by atoms with van der Waals surface area (Å²) in [5.41, 5.74) is 7.78. The molecule has 2 aromatic carbocycles. The van der Waals surface area contributed by atoms with Crippen molar-refractivity contribution in [3.05, 3.63) is 64.7 Å². The molecule has 0 heterocycles. The number of rotatable bonds is 3. The zero-order chi connectivity index (χ0) is 16.2. The number of ether oxygens (including phenoxy) is 1. The van der Waals surface area contributed by atoms with Crippen LogP contribution in [-0.4, -0.2) is 18.7 Å². The molecule has 23 heavy (non-hydrogen) atoms. The second-order valence-electron chi connectivity index (χ2n) is 5.70. The van der Waals surface area contributed by atoms with E-state index in [0.717, 1.165) is 30.5 Å². The normalized spacial score (nSPS) is 15.1. The number of nitrogens with one attached hydrogen (secondary N) is 1. The highest BCUT2D eigenvalue weighted by molar-refractivity contribution is 5.97. The zero-order valence-corrected chi connectivity index (χ0v) is 13.4. The molecule has 0 aliphatic heterocycles. The van der Waals surface area contributed by atoms with Gasteiger partial charge in [-0.15, -0.1) is 0 Å². The minimum absolute atomic E-state index is 0.201.